The predicted octanol–water partition coefficient (Wildman–Crippen LogP) is 3.19. The summed E-state index contributed by atoms with van der Waals surface area (Å²) in [7, 11) is 0. The van der Waals surface area contributed by atoms with Crippen LogP contribution < -0.4 is 5.73 Å². The fourth-order valence-corrected chi connectivity index (χ4v) is 3.12. The molecule has 2 N–H and O–H groups in total. The highest BCUT2D eigenvalue weighted by atomic mass is 35.5. The second-order valence-electron chi connectivity index (χ2n) is 6.10. The number of rotatable bonds is 3. The molecule has 2 aromatic rings. The Morgan fingerprint density at radius 2 is 2.17 bits per heavy atom. The number of likely N-dealkylation sites (tertiary alicyclic amines) is 1. The van der Waals surface area contributed by atoms with Crippen LogP contribution in [0.4, 0.5) is 0 Å². The minimum atomic E-state index is -0.0541. The van der Waals surface area contributed by atoms with E-state index in [1.54, 1.807) is 12.1 Å². The van der Waals surface area contributed by atoms with Gasteiger partial charge in [0.2, 0.25) is 0 Å². The molecule has 6 heteroatoms. The first-order valence-corrected chi connectivity index (χ1v) is 8.19. The molecule has 2 unspecified atom stereocenters. The second kappa shape index (κ2) is 6.72. The van der Waals surface area contributed by atoms with Crippen molar-refractivity contribution in [2.24, 2.45) is 11.7 Å². The number of halogens is 1. The van der Waals surface area contributed by atoms with Gasteiger partial charge in [0, 0.05) is 29.7 Å². The van der Waals surface area contributed by atoms with Gasteiger partial charge in [-0.1, -0.05) is 28.9 Å². The van der Waals surface area contributed by atoms with Gasteiger partial charge in [-0.15, -0.1) is 0 Å². The molecule has 0 spiro atoms. The Morgan fingerprint density at radius 1 is 1.43 bits per heavy atom. The lowest BCUT2D eigenvalue weighted by atomic mass is 9.91. The van der Waals surface area contributed by atoms with Gasteiger partial charge in [0.05, 0.1) is 0 Å². The molecule has 1 aromatic heterocycles. The Hall–Kier alpha value is -1.85. The summed E-state index contributed by atoms with van der Waals surface area (Å²) in [6.45, 7) is 3.42. The molecule has 2 atom stereocenters. The molecule has 1 saturated heterocycles. The molecule has 1 aliphatic heterocycles. The van der Waals surface area contributed by atoms with Crippen molar-refractivity contribution in [1.29, 1.82) is 0 Å². The number of hydrogen-bond acceptors (Lipinski definition) is 4. The van der Waals surface area contributed by atoms with Gasteiger partial charge in [-0.2, -0.15) is 0 Å². The quantitative estimate of drug-likeness (QED) is 0.936. The van der Waals surface area contributed by atoms with Crippen LogP contribution in [0.3, 0.4) is 0 Å². The van der Waals surface area contributed by atoms with Crippen LogP contribution in [0.5, 0.6) is 0 Å². The van der Waals surface area contributed by atoms with Gasteiger partial charge in [0.25, 0.3) is 5.91 Å². The van der Waals surface area contributed by atoms with Crippen LogP contribution in [0.2, 0.25) is 5.02 Å². The Bertz CT molecular complexity index is 681. The molecule has 0 aliphatic carbocycles. The van der Waals surface area contributed by atoms with Crippen LogP contribution in [0, 0.1) is 5.92 Å². The third-order valence-electron chi connectivity index (χ3n) is 4.41. The summed E-state index contributed by atoms with van der Waals surface area (Å²) in [5.41, 5.74) is 7.85. The number of carbonyl (C=O) groups is 1. The Balaban J connectivity index is 1.83. The number of nitrogens with two attached hydrogens (primary N) is 1. The zero-order valence-corrected chi connectivity index (χ0v) is 13.8. The molecule has 122 valence electrons. The number of carbonyl (C=O) groups excluding carboxylic acids is 1. The molecule has 1 amide bonds. The lowest BCUT2D eigenvalue weighted by molar-refractivity contribution is 0.0661. The molecule has 2 heterocycles. The van der Waals surface area contributed by atoms with Gasteiger partial charge in [0.1, 0.15) is 17.5 Å². The van der Waals surface area contributed by atoms with Gasteiger partial charge in [0.15, 0.2) is 0 Å². The highest BCUT2D eigenvalue weighted by Crippen LogP contribution is 2.27. The van der Waals surface area contributed by atoms with E-state index < -0.39 is 0 Å². The summed E-state index contributed by atoms with van der Waals surface area (Å²) in [4.78, 5) is 14.7. The van der Waals surface area contributed by atoms with Crippen LogP contribution in [-0.4, -0.2) is 35.1 Å². The second-order valence-corrected chi connectivity index (χ2v) is 6.53. The highest BCUT2D eigenvalue weighted by Gasteiger charge is 2.29. The van der Waals surface area contributed by atoms with E-state index in [9.17, 15) is 4.79 Å². The maximum absolute atomic E-state index is 12.8. The van der Waals surface area contributed by atoms with E-state index in [-0.39, 0.29) is 11.9 Å². The summed E-state index contributed by atoms with van der Waals surface area (Å²) in [6, 6.07) is 7.29. The van der Waals surface area contributed by atoms with Crippen LogP contribution in [0.1, 0.15) is 30.1 Å². The molecule has 1 fully saturated rings. The SMILES string of the molecule is CC(N)C1CCCN(C(=O)c2conc2-c2ccc(Cl)cc2)C1. The minimum Gasteiger partial charge on any atom is -0.363 e. The fourth-order valence-electron chi connectivity index (χ4n) is 3.00. The van der Waals surface area contributed by atoms with Crippen molar-refractivity contribution in [3.05, 3.63) is 41.1 Å². The number of hydrogen-bond donors (Lipinski definition) is 1. The van der Waals surface area contributed by atoms with E-state index in [2.05, 4.69) is 5.16 Å². The van der Waals surface area contributed by atoms with Crippen LogP contribution in [0.25, 0.3) is 11.3 Å². The number of benzene rings is 1. The first-order chi connectivity index (χ1) is 11.1. The summed E-state index contributed by atoms with van der Waals surface area (Å²) in [5.74, 6) is 0.285. The van der Waals surface area contributed by atoms with Crippen LogP contribution in [-0.2, 0) is 0 Å². The van der Waals surface area contributed by atoms with E-state index in [1.165, 1.54) is 6.26 Å². The first kappa shape index (κ1) is 16.0. The molecule has 23 heavy (non-hydrogen) atoms. The highest BCUT2D eigenvalue weighted by molar-refractivity contribution is 6.30. The molecule has 1 aromatic carbocycles. The number of piperidine rings is 1. The molecular weight excluding hydrogens is 314 g/mol. The van der Waals surface area contributed by atoms with Crippen molar-refractivity contribution in [3.8, 4) is 11.3 Å². The molecule has 3 rings (SSSR count). The average molecular weight is 334 g/mol. The number of aromatic nitrogens is 1. The number of nitrogens with zero attached hydrogens (tertiary/aromatic N) is 2. The lowest BCUT2D eigenvalue weighted by Gasteiger charge is -2.34. The fraction of sp³-hybridized carbons (Fsp3) is 0.412. The van der Waals surface area contributed by atoms with E-state index in [0.717, 1.165) is 24.9 Å². The standard InChI is InChI=1S/C17H20ClN3O2/c1-11(19)13-3-2-8-21(9-13)17(22)15-10-23-20-16(15)12-4-6-14(18)7-5-12/h4-7,10-11,13H,2-3,8-9,19H2,1H3. The largest absolute Gasteiger partial charge is 0.363 e. The third-order valence-corrected chi connectivity index (χ3v) is 4.66. The van der Waals surface area contributed by atoms with Gasteiger partial charge in [-0.3, -0.25) is 4.79 Å². The molecular formula is C17H20ClN3O2. The maximum atomic E-state index is 12.8. The van der Waals surface area contributed by atoms with Gasteiger partial charge < -0.3 is 15.2 Å². The van der Waals surface area contributed by atoms with E-state index in [1.807, 2.05) is 24.0 Å². The molecule has 5 nitrogen and oxygen atoms in total. The average Bonchev–Trinajstić information content (AvgIpc) is 3.04. The maximum Gasteiger partial charge on any atom is 0.259 e. The Labute approximate surface area is 140 Å². The van der Waals surface area contributed by atoms with Crippen molar-refractivity contribution in [1.82, 2.24) is 10.1 Å². The van der Waals surface area contributed by atoms with Crippen molar-refractivity contribution < 1.29 is 9.32 Å². The summed E-state index contributed by atoms with van der Waals surface area (Å²) in [6.07, 6.45) is 3.45. The minimum absolute atomic E-state index is 0.0541. The van der Waals surface area contributed by atoms with E-state index >= 15 is 0 Å². The molecule has 1 aliphatic rings. The zero-order valence-electron chi connectivity index (χ0n) is 13.0. The normalized spacial score (nSPS) is 19.6. The Morgan fingerprint density at radius 3 is 2.87 bits per heavy atom. The van der Waals surface area contributed by atoms with Gasteiger partial charge in [-0.05, 0) is 37.8 Å². The first-order valence-electron chi connectivity index (χ1n) is 7.81. The summed E-state index contributed by atoms with van der Waals surface area (Å²) >= 11 is 5.91. The summed E-state index contributed by atoms with van der Waals surface area (Å²) in [5, 5.41) is 4.64. The van der Waals surface area contributed by atoms with Crippen molar-refractivity contribution in [2.45, 2.75) is 25.8 Å². The topological polar surface area (TPSA) is 72.4 Å². The van der Waals surface area contributed by atoms with Crippen molar-refractivity contribution >= 4 is 17.5 Å². The zero-order chi connectivity index (χ0) is 16.4. The van der Waals surface area contributed by atoms with E-state index in [4.69, 9.17) is 21.9 Å². The monoisotopic (exact) mass is 333 g/mol. The summed E-state index contributed by atoms with van der Waals surface area (Å²) < 4.78 is 5.06. The van der Waals surface area contributed by atoms with Crippen molar-refractivity contribution in [2.75, 3.05) is 13.1 Å². The predicted molar refractivity (Wildman–Crippen MR) is 89.2 cm³/mol. The smallest absolute Gasteiger partial charge is 0.259 e. The Kier molecular flexibility index (Phi) is 4.68. The van der Waals surface area contributed by atoms with Gasteiger partial charge in [-0.25, -0.2) is 0 Å². The molecule has 0 bridgehead atoms. The van der Waals surface area contributed by atoms with Crippen LogP contribution in [0.15, 0.2) is 35.1 Å². The van der Waals surface area contributed by atoms with Crippen LogP contribution >= 0.6 is 11.6 Å². The van der Waals surface area contributed by atoms with Crippen molar-refractivity contribution in [3.63, 3.8) is 0 Å². The molecule has 0 saturated carbocycles. The molecule has 0 radical (unpaired) electrons. The number of amides is 1. The third kappa shape index (κ3) is 3.41. The van der Waals surface area contributed by atoms with E-state index in [0.29, 0.717) is 28.7 Å². The van der Waals surface area contributed by atoms with Gasteiger partial charge >= 0.3 is 0 Å². The lowest BCUT2D eigenvalue weighted by Crippen LogP contribution is -2.45.